The lowest BCUT2D eigenvalue weighted by Crippen LogP contribution is -1.96. The van der Waals surface area contributed by atoms with Gasteiger partial charge in [0.05, 0.1) is 19.1 Å². The van der Waals surface area contributed by atoms with Crippen molar-refractivity contribution in [2.24, 2.45) is 0 Å². The van der Waals surface area contributed by atoms with E-state index in [-0.39, 0.29) is 17.2 Å². The highest BCUT2D eigenvalue weighted by Crippen LogP contribution is 2.33. The molecule has 4 rings (SSSR count). The molecule has 0 amide bonds. The summed E-state index contributed by atoms with van der Waals surface area (Å²) in [6, 6.07) is 22.3. The van der Waals surface area contributed by atoms with Crippen molar-refractivity contribution < 1.29 is 23.9 Å². The molecule has 0 aliphatic heterocycles. The predicted molar refractivity (Wildman–Crippen MR) is 130 cm³/mol. The largest absolute Gasteiger partial charge is 0.497 e. The second-order valence-corrected chi connectivity index (χ2v) is 7.39. The number of hydrogen-bond acceptors (Lipinski definition) is 6. The van der Waals surface area contributed by atoms with E-state index in [1.54, 1.807) is 62.8 Å². The molecular formula is C27H21NO6. The van der Waals surface area contributed by atoms with Crippen LogP contribution in [0.3, 0.4) is 0 Å². The molecule has 0 aliphatic rings. The summed E-state index contributed by atoms with van der Waals surface area (Å²) in [7, 11) is 3.15. The van der Waals surface area contributed by atoms with Crippen LogP contribution < -0.4 is 14.2 Å². The van der Waals surface area contributed by atoms with Gasteiger partial charge in [-0.25, -0.2) is 0 Å². The van der Waals surface area contributed by atoms with E-state index < -0.39 is 4.92 Å². The Kier molecular flexibility index (Phi) is 6.54. The van der Waals surface area contributed by atoms with Crippen LogP contribution in [-0.4, -0.2) is 24.9 Å². The second-order valence-electron chi connectivity index (χ2n) is 7.39. The molecule has 0 radical (unpaired) electrons. The molecule has 0 fully saturated rings. The predicted octanol–water partition coefficient (Wildman–Crippen LogP) is 6.45. The maximum Gasteiger partial charge on any atom is 0.312 e. The van der Waals surface area contributed by atoms with Gasteiger partial charge in [-0.1, -0.05) is 30.3 Å². The molecule has 170 valence electrons. The summed E-state index contributed by atoms with van der Waals surface area (Å²) in [4.78, 5) is 23.8. The molecule has 0 saturated heterocycles. The van der Waals surface area contributed by atoms with E-state index >= 15 is 0 Å². The molecule has 0 atom stereocenters. The van der Waals surface area contributed by atoms with Crippen LogP contribution in [0.15, 0.2) is 84.9 Å². The molecule has 0 aliphatic carbocycles. The van der Waals surface area contributed by atoms with Gasteiger partial charge >= 0.3 is 5.69 Å². The molecule has 7 heteroatoms. The Labute approximate surface area is 196 Å². The first kappa shape index (κ1) is 22.5. The Bertz CT molecular complexity index is 1390. The van der Waals surface area contributed by atoms with E-state index in [4.69, 9.17) is 14.2 Å². The summed E-state index contributed by atoms with van der Waals surface area (Å²) in [6.45, 7) is 0. The number of rotatable bonds is 8. The minimum absolute atomic E-state index is 0.101. The van der Waals surface area contributed by atoms with Crippen molar-refractivity contribution in [2.45, 2.75) is 0 Å². The van der Waals surface area contributed by atoms with Crippen molar-refractivity contribution in [1.82, 2.24) is 0 Å². The molecule has 0 bridgehead atoms. The number of carbonyl (C=O) groups is 1. The number of fused-ring (bicyclic) bond motifs is 1. The summed E-state index contributed by atoms with van der Waals surface area (Å²) < 4.78 is 16.0. The van der Waals surface area contributed by atoms with Gasteiger partial charge in [0.1, 0.15) is 17.2 Å². The first-order valence-electron chi connectivity index (χ1n) is 10.4. The Balaban J connectivity index is 1.54. The van der Waals surface area contributed by atoms with Crippen LogP contribution in [0.4, 0.5) is 5.69 Å². The molecule has 7 nitrogen and oxygen atoms in total. The van der Waals surface area contributed by atoms with Crippen LogP contribution in [0.5, 0.6) is 23.0 Å². The first-order chi connectivity index (χ1) is 16.5. The van der Waals surface area contributed by atoms with Crippen LogP contribution in [0.25, 0.3) is 16.8 Å². The summed E-state index contributed by atoms with van der Waals surface area (Å²) in [6.07, 6.45) is 2.94. The monoisotopic (exact) mass is 455 g/mol. The maximum atomic E-state index is 12.7. The zero-order chi connectivity index (χ0) is 24.1. The van der Waals surface area contributed by atoms with Gasteiger partial charge < -0.3 is 14.2 Å². The lowest BCUT2D eigenvalue weighted by molar-refractivity contribution is -0.385. The Hall–Kier alpha value is -4.65. The van der Waals surface area contributed by atoms with Gasteiger partial charge in [0.15, 0.2) is 5.78 Å². The van der Waals surface area contributed by atoms with E-state index in [0.29, 0.717) is 22.6 Å². The van der Waals surface area contributed by atoms with Crippen molar-refractivity contribution in [3.63, 3.8) is 0 Å². The number of ether oxygens (including phenoxy) is 3. The smallest absolute Gasteiger partial charge is 0.312 e. The molecule has 0 aromatic heterocycles. The fourth-order valence-electron chi connectivity index (χ4n) is 3.41. The summed E-state index contributed by atoms with van der Waals surface area (Å²) in [5, 5.41) is 13.5. The maximum absolute atomic E-state index is 12.7. The van der Waals surface area contributed by atoms with E-state index in [2.05, 4.69) is 0 Å². The summed E-state index contributed by atoms with van der Waals surface area (Å²) in [5.74, 6) is 1.73. The number of ketones is 1. The third-order valence-electron chi connectivity index (χ3n) is 5.23. The third kappa shape index (κ3) is 5.05. The molecule has 0 spiro atoms. The number of benzene rings is 4. The fourth-order valence-corrected chi connectivity index (χ4v) is 3.41. The molecule has 4 aromatic rings. The Morgan fingerprint density at radius 1 is 0.794 bits per heavy atom. The van der Waals surface area contributed by atoms with Gasteiger partial charge in [-0.15, -0.1) is 0 Å². The molecular weight excluding hydrogens is 434 g/mol. The van der Waals surface area contributed by atoms with E-state index in [1.165, 1.54) is 18.2 Å². The van der Waals surface area contributed by atoms with Gasteiger partial charge in [-0.2, -0.15) is 0 Å². The average molecular weight is 455 g/mol. The van der Waals surface area contributed by atoms with Gasteiger partial charge in [0.25, 0.3) is 0 Å². The van der Waals surface area contributed by atoms with Crippen molar-refractivity contribution in [1.29, 1.82) is 0 Å². The number of nitro benzene ring substituents is 1. The average Bonchev–Trinajstić information content (AvgIpc) is 2.87. The zero-order valence-corrected chi connectivity index (χ0v) is 18.6. The van der Waals surface area contributed by atoms with E-state index in [1.807, 2.05) is 24.3 Å². The highest BCUT2D eigenvalue weighted by Gasteiger charge is 2.16. The number of methoxy groups -OCH3 is 2. The lowest BCUT2D eigenvalue weighted by atomic mass is 10.0. The van der Waals surface area contributed by atoms with Crippen LogP contribution in [0.2, 0.25) is 0 Å². The van der Waals surface area contributed by atoms with Gasteiger partial charge in [0, 0.05) is 11.6 Å². The quantitative estimate of drug-likeness (QED) is 0.131. The van der Waals surface area contributed by atoms with E-state index in [0.717, 1.165) is 16.5 Å². The highest BCUT2D eigenvalue weighted by molar-refractivity contribution is 6.08. The summed E-state index contributed by atoms with van der Waals surface area (Å²) in [5.41, 5.74) is 0.820. The van der Waals surface area contributed by atoms with Crippen LogP contribution in [0, 0.1) is 10.1 Å². The second kappa shape index (κ2) is 9.87. The Morgan fingerprint density at radius 2 is 1.44 bits per heavy atom. The Morgan fingerprint density at radius 3 is 2.15 bits per heavy atom. The lowest BCUT2D eigenvalue weighted by Gasteiger charge is -2.08. The van der Waals surface area contributed by atoms with Crippen LogP contribution in [-0.2, 0) is 0 Å². The third-order valence-corrected chi connectivity index (χ3v) is 5.23. The fraction of sp³-hybridized carbons (Fsp3) is 0.0741. The molecule has 34 heavy (non-hydrogen) atoms. The molecule has 0 N–H and O–H groups in total. The molecule has 0 saturated carbocycles. The van der Waals surface area contributed by atoms with Crippen molar-refractivity contribution in [3.05, 3.63) is 106 Å². The van der Waals surface area contributed by atoms with Crippen LogP contribution in [0.1, 0.15) is 15.9 Å². The standard InChI is InChI=1S/C27H21NO6/c1-32-22-9-11-23(12-10-22)34-27-14-4-18(15-25(27)28(30)31)3-13-26(29)21-6-5-20-17-24(33-2)8-7-19(20)16-21/h3-17H,1-2H3. The minimum Gasteiger partial charge on any atom is -0.497 e. The zero-order valence-electron chi connectivity index (χ0n) is 18.6. The minimum atomic E-state index is -0.518. The number of nitrogens with zero attached hydrogens (tertiary/aromatic N) is 1. The number of allylic oxidation sites excluding steroid dienone is 1. The first-order valence-corrected chi connectivity index (χ1v) is 10.4. The topological polar surface area (TPSA) is 87.9 Å². The van der Waals surface area contributed by atoms with Gasteiger partial charge in [-0.05, 0) is 70.9 Å². The molecule has 4 aromatic carbocycles. The summed E-state index contributed by atoms with van der Waals surface area (Å²) >= 11 is 0. The normalized spacial score (nSPS) is 10.9. The molecule has 0 heterocycles. The van der Waals surface area contributed by atoms with Crippen molar-refractivity contribution >= 4 is 28.3 Å². The molecule has 0 unspecified atom stereocenters. The number of carbonyl (C=O) groups excluding carboxylic acids is 1. The SMILES string of the molecule is COc1ccc(Oc2ccc(C=CC(=O)c3ccc4cc(OC)ccc4c3)cc2[N+](=O)[O-])cc1. The number of nitro groups is 1. The van der Waals surface area contributed by atoms with E-state index in [9.17, 15) is 14.9 Å². The van der Waals surface area contributed by atoms with Crippen LogP contribution >= 0.6 is 0 Å². The highest BCUT2D eigenvalue weighted by atomic mass is 16.6. The van der Waals surface area contributed by atoms with Crippen molar-refractivity contribution in [2.75, 3.05) is 14.2 Å². The van der Waals surface area contributed by atoms with Gasteiger partial charge in [0.2, 0.25) is 5.75 Å². The van der Waals surface area contributed by atoms with Crippen molar-refractivity contribution in [3.8, 4) is 23.0 Å². The number of hydrogen-bond donors (Lipinski definition) is 0. The van der Waals surface area contributed by atoms with Gasteiger partial charge in [-0.3, -0.25) is 14.9 Å².